The molecule has 0 saturated heterocycles. The fourth-order valence-electron chi connectivity index (χ4n) is 2.93. The molecule has 0 aliphatic heterocycles. The predicted molar refractivity (Wildman–Crippen MR) is 122 cm³/mol. The van der Waals surface area contributed by atoms with Gasteiger partial charge in [0.2, 0.25) is 10.0 Å². The predicted octanol–water partition coefficient (Wildman–Crippen LogP) is 5.21. The van der Waals surface area contributed by atoms with Gasteiger partial charge in [0.15, 0.2) is 0 Å². The zero-order valence-electron chi connectivity index (χ0n) is 17.1. The Kier molecular flexibility index (Phi) is 7.40. The second kappa shape index (κ2) is 9.87. The quantitative estimate of drug-likeness (QED) is 0.486. The Balaban J connectivity index is 1.84. The number of sulfonamides is 1. The van der Waals surface area contributed by atoms with Gasteiger partial charge in [-0.3, -0.25) is 4.79 Å². The molecule has 0 aliphatic rings. The molecule has 32 heavy (non-hydrogen) atoms. The normalized spacial score (nSPS) is 11.4. The lowest BCUT2D eigenvalue weighted by Crippen LogP contribution is -2.27. The summed E-state index contributed by atoms with van der Waals surface area (Å²) < 4.78 is 45.6. The van der Waals surface area contributed by atoms with Gasteiger partial charge in [-0.1, -0.05) is 23.2 Å². The number of anilines is 1. The molecular weight excluding hydrogens is 478 g/mol. The molecule has 3 aromatic carbocycles. The Morgan fingerprint density at radius 3 is 2.38 bits per heavy atom. The first-order chi connectivity index (χ1) is 15.1. The van der Waals surface area contributed by atoms with Gasteiger partial charge in [-0.2, -0.15) is 4.31 Å². The van der Waals surface area contributed by atoms with Crippen LogP contribution < -0.4 is 10.1 Å². The maximum atomic E-state index is 13.3. The summed E-state index contributed by atoms with van der Waals surface area (Å²) in [4.78, 5) is 12.8. The van der Waals surface area contributed by atoms with Crippen molar-refractivity contribution < 1.29 is 22.3 Å². The molecule has 1 N–H and O–H groups in total. The van der Waals surface area contributed by atoms with Gasteiger partial charge >= 0.3 is 0 Å². The van der Waals surface area contributed by atoms with E-state index in [9.17, 15) is 17.6 Å². The van der Waals surface area contributed by atoms with Crippen LogP contribution >= 0.6 is 23.2 Å². The second-order valence-electron chi connectivity index (χ2n) is 6.82. The molecule has 168 valence electrons. The average Bonchev–Trinajstić information content (AvgIpc) is 2.76. The summed E-state index contributed by atoms with van der Waals surface area (Å²) in [5.41, 5.74) is 1.07. The average molecular weight is 497 g/mol. The lowest BCUT2D eigenvalue weighted by atomic mass is 10.1. The molecule has 0 spiro atoms. The first-order valence-electron chi connectivity index (χ1n) is 9.27. The third-order valence-corrected chi connectivity index (χ3v) is 6.99. The number of carbonyl (C=O) groups is 1. The molecule has 10 heteroatoms. The molecule has 0 aliphatic carbocycles. The molecule has 0 bridgehead atoms. The minimum absolute atomic E-state index is 0.0440. The van der Waals surface area contributed by atoms with Crippen LogP contribution in [-0.4, -0.2) is 32.8 Å². The molecule has 3 rings (SSSR count). The van der Waals surface area contributed by atoms with Gasteiger partial charge in [0.1, 0.15) is 11.6 Å². The van der Waals surface area contributed by atoms with Crippen LogP contribution in [0, 0.1) is 5.82 Å². The van der Waals surface area contributed by atoms with E-state index in [0.717, 1.165) is 10.4 Å². The number of halogens is 3. The molecule has 6 nitrogen and oxygen atoms in total. The highest BCUT2D eigenvalue weighted by molar-refractivity contribution is 7.89. The van der Waals surface area contributed by atoms with Crippen molar-refractivity contribution in [1.82, 2.24) is 4.31 Å². The van der Waals surface area contributed by atoms with Crippen LogP contribution in [0.3, 0.4) is 0 Å². The van der Waals surface area contributed by atoms with Crippen LogP contribution in [0.2, 0.25) is 10.0 Å². The van der Waals surface area contributed by atoms with E-state index in [1.807, 2.05) is 0 Å². The van der Waals surface area contributed by atoms with Crippen molar-refractivity contribution in [2.45, 2.75) is 11.4 Å². The number of benzene rings is 3. The van der Waals surface area contributed by atoms with Crippen LogP contribution in [0.5, 0.6) is 5.75 Å². The lowest BCUT2D eigenvalue weighted by molar-refractivity contribution is 0.102. The molecule has 1 amide bonds. The van der Waals surface area contributed by atoms with Gasteiger partial charge < -0.3 is 10.1 Å². The number of carbonyl (C=O) groups excluding carboxylic acids is 1. The van der Waals surface area contributed by atoms with E-state index in [4.69, 9.17) is 27.9 Å². The van der Waals surface area contributed by atoms with Crippen LogP contribution in [0.4, 0.5) is 10.1 Å². The number of rotatable bonds is 7. The van der Waals surface area contributed by atoms with Gasteiger partial charge in [0.25, 0.3) is 5.91 Å². The highest BCUT2D eigenvalue weighted by Crippen LogP contribution is 2.26. The third-order valence-electron chi connectivity index (χ3n) is 4.63. The summed E-state index contributed by atoms with van der Waals surface area (Å²) in [5, 5.41) is 2.94. The number of nitrogens with one attached hydrogen (secondary N) is 1. The van der Waals surface area contributed by atoms with Crippen LogP contribution in [0.15, 0.2) is 65.6 Å². The van der Waals surface area contributed by atoms with Crippen molar-refractivity contribution >= 4 is 44.8 Å². The van der Waals surface area contributed by atoms with E-state index >= 15 is 0 Å². The molecule has 0 fully saturated rings. The van der Waals surface area contributed by atoms with Gasteiger partial charge in [-0.25, -0.2) is 12.8 Å². The van der Waals surface area contributed by atoms with Crippen LogP contribution in [-0.2, 0) is 16.6 Å². The van der Waals surface area contributed by atoms with E-state index in [-0.39, 0.29) is 22.0 Å². The minimum atomic E-state index is -3.80. The summed E-state index contributed by atoms with van der Waals surface area (Å²) in [6.45, 7) is -0.0440. The number of ether oxygens (including phenoxy) is 1. The number of amides is 1. The maximum absolute atomic E-state index is 13.3. The summed E-state index contributed by atoms with van der Waals surface area (Å²) in [5.74, 6) is -0.648. The highest BCUT2D eigenvalue weighted by atomic mass is 35.5. The Bertz CT molecular complexity index is 1250. The van der Waals surface area contributed by atoms with E-state index in [0.29, 0.717) is 22.0 Å². The highest BCUT2D eigenvalue weighted by Gasteiger charge is 2.23. The Labute approximate surface area is 195 Å². The van der Waals surface area contributed by atoms with Crippen molar-refractivity contribution in [3.63, 3.8) is 0 Å². The molecule has 0 radical (unpaired) electrons. The number of hydrogen-bond donors (Lipinski definition) is 1. The second-order valence-corrected chi connectivity index (χ2v) is 9.71. The molecule has 0 heterocycles. The first kappa shape index (κ1) is 24.0. The zero-order chi connectivity index (χ0) is 23.5. The summed E-state index contributed by atoms with van der Waals surface area (Å²) >= 11 is 11.6. The number of hydrogen-bond acceptors (Lipinski definition) is 4. The van der Waals surface area contributed by atoms with Crippen molar-refractivity contribution in [2.75, 3.05) is 19.5 Å². The summed E-state index contributed by atoms with van der Waals surface area (Å²) in [6, 6.07) is 14.3. The summed E-state index contributed by atoms with van der Waals surface area (Å²) in [6.07, 6.45) is 0. The largest absolute Gasteiger partial charge is 0.496 e. The van der Waals surface area contributed by atoms with Gasteiger partial charge in [0.05, 0.1) is 17.0 Å². The topological polar surface area (TPSA) is 75.7 Å². The Morgan fingerprint density at radius 1 is 1.06 bits per heavy atom. The maximum Gasteiger partial charge on any atom is 0.255 e. The van der Waals surface area contributed by atoms with Crippen molar-refractivity contribution in [2.24, 2.45) is 0 Å². The SMILES string of the molecule is COc1ccc(C(=O)Nc2ccc(F)c(Cl)c2)cc1CN(C)S(=O)(=O)c1ccc(Cl)cc1. The first-order valence-corrected chi connectivity index (χ1v) is 11.5. The Hall–Kier alpha value is -2.65. The standard InChI is InChI=1S/C22H19Cl2FN2O4S/c1-27(32(29,30)18-7-4-16(23)5-8-18)13-15-11-14(3-10-21(15)31-2)22(28)26-17-6-9-20(25)19(24)12-17/h3-12H,13H2,1-2H3,(H,26,28). The van der Waals surface area contributed by atoms with E-state index in [1.165, 1.54) is 62.7 Å². The number of nitrogens with zero attached hydrogens (tertiary/aromatic N) is 1. The van der Waals surface area contributed by atoms with E-state index < -0.39 is 21.7 Å². The smallest absolute Gasteiger partial charge is 0.255 e. The van der Waals surface area contributed by atoms with Gasteiger partial charge in [0, 0.05) is 35.4 Å². The van der Waals surface area contributed by atoms with Gasteiger partial charge in [-0.15, -0.1) is 0 Å². The minimum Gasteiger partial charge on any atom is -0.496 e. The van der Waals surface area contributed by atoms with Gasteiger partial charge in [-0.05, 0) is 60.7 Å². The van der Waals surface area contributed by atoms with Crippen LogP contribution in [0.1, 0.15) is 15.9 Å². The number of methoxy groups -OCH3 is 1. The molecule has 0 atom stereocenters. The fraction of sp³-hybridized carbons (Fsp3) is 0.136. The third kappa shape index (κ3) is 5.39. The molecule has 0 unspecified atom stereocenters. The molecule has 0 aromatic heterocycles. The monoisotopic (exact) mass is 496 g/mol. The Morgan fingerprint density at radius 2 is 1.75 bits per heavy atom. The molecular formula is C22H19Cl2FN2O4S. The molecule has 3 aromatic rings. The van der Waals surface area contributed by atoms with Crippen molar-refractivity contribution in [1.29, 1.82) is 0 Å². The molecule has 0 saturated carbocycles. The lowest BCUT2D eigenvalue weighted by Gasteiger charge is -2.19. The fourth-order valence-corrected chi connectivity index (χ4v) is 4.39. The van der Waals surface area contributed by atoms with Crippen LogP contribution in [0.25, 0.3) is 0 Å². The zero-order valence-corrected chi connectivity index (χ0v) is 19.4. The van der Waals surface area contributed by atoms with E-state index in [2.05, 4.69) is 5.32 Å². The summed E-state index contributed by atoms with van der Waals surface area (Å²) in [7, 11) is -0.923. The van der Waals surface area contributed by atoms with Crippen molar-refractivity contribution in [3.8, 4) is 5.75 Å². The van der Waals surface area contributed by atoms with E-state index in [1.54, 1.807) is 6.07 Å². The van der Waals surface area contributed by atoms with Crippen molar-refractivity contribution in [3.05, 3.63) is 87.7 Å².